The standard InChI is InChI=1S/C16H27N3S/c1-5-9-17-14-13(7-6-8-16(14,3)4)20-15-18-10-12(2)11-19-15/h10-11,13-14,17H,5-9H2,1-4H3. The molecule has 1 N–H and O–H groups in total. The van der Waals surface area contributed by atoms with Crippen LogP contribution in [0.4, 0.5) is 0 Å². The highest BCUT2D eigenvalue weighted by atomic mass is 32.2. The van der Waals surface area contributed by atoms with Gasteiger partial charge in [-0.3, -0.25) is 0 Å². The van der Waals surface area contributed by atoms with Gasteiger partial charge in [-0.15, -0.1) is 0 Å². The van der Waals surface area contributed by atoms with Crippen LogP contribution in [0.2, 0.25) is 0 Å². The van der Waals surface area contributed by atoms with Gasteiger partial charge in [0.1, 0.15) is 0 Å². The SMILES string of the molecule is CCCNC1C(Sc2ncc(C)cn2)CCCC1(C)C. The third-order valence-electron chi connectivity index (χ3n) is 4.15. The Morgan fingerprint density at radius 3 is 2.70 bits per heavy atom. The molecule has 3 nitrogen and oxygen atoms in total. The number of nitrogens with one attached hydrogen (secondary N) is 1. The summed E-state index contributed by atoms with van der Waals surface area (Å²) in [6.07, 6.45) is 8.88. The summed E-state index contributed by atoms with van der Waals surface area (Å²) in [7, 11) is 0. The molecule has 0 aliphatic heterocycles. The van der Waals surface area contributed by atoms with Crippen molar-refractivity contribution in [3.63, 3.8) is 0 Å². The van der Waals surface area contributed by atoms with Crippen LogP contribution in [-0.2, 0) is 0 Å². The number of rotatable bonds is 5. The zero-order valence-corrected chi connectivity index (χ0v) is 14.0. The zero-order valence-electron chi connectivity index (χ0n) is 13.1. The van der Waals surface area contributed by atoms with Crippen molar-refractivity contribution < 1.29 is 0 Å². The summed E-state index contributed by atoms with van der Waals surface area (Å²) >= 11 is 1.85. The van der Waals surface area contributed by atoms with Crippen molar-refractivity contribution in [1.82, 2.24) is 15.3 Å². The van der Waals surface area contributed by atoms with Crippen molar-refractivity contribution in [3.05, 3.63) is 18.0 Å². The minimum Gasteiger partial charge on any atom is -0.312 e. The first-order valence-corrected chi connectivity index (χ1v) is 8.59. The second-order valence-electron chi connectivity index (χ2n) is 6.51. The second-order valence-corrected chi connectivity index (χ2v) is 7.72. The van der Waals surface area contributed by atoms with Crippen LogP contribution in [0.5, 0.6) is 0 Å². The Bertz CT molecular complexity index is 416. The molecule has 20 heavy (non-hydrogen) atoms. The summed E-state index contributed by atoms with van der Waals surface area (Å²) in [5, 5.41) is 5.26. The highest BCUT2D eigenvalue weighted by molar-refractivity contribution is 7.99. The molecule has 1 fully saturated rings. The van der Waals surface area contributed by atoms with Crippen LogP contribution in [0.15, 0.2) is 17.6 Å². The number of hydrogen-bond donors (Lipinski definition) is 1. The Morgan fingerprint density at radius 2 is 2.05 bits per heavy atom. The molecule has 0 radical (unpaired) electrons. The van der Waals surface area contributed by atoms with Gasteiger partial charge in [-0.25, -0.2) is 9.97 Å². The molecular formula is C16H27N3S. The van der Waals surface area contributed by atoms with Crippen LogP contribution < -0.4 is 5.32 Å². The highest BCUT2D eigenvalue weighted by Crippen LogP contribution is 2.42. The maximum Gasteiger partial charge on any atom is 0.187 e. The molecule has 2 unspecified atom stereocenters. The fourth-order valence-corrected chi connectivity index (χ4v) is 4.38. The number of aromatic nitrogens is 2. The molecule has 1 aromatic rings. The van der Waals surface area contributed by atoms with Gasteiger partial charge >= 0.3 is 0 Å². The first kappa shape index (κ1) is 15.8. The lowest BCUT2D eigenvalue weighted by atomic mass is 9.73. The van der Waals surface area contributed by atoms with Crippen molar-refractivity contribution in [1.29, 1.82) is 0 Å². The molecule has 0 amide bonds. The Kier molecular flexibility index (Phi) is 5.44. The van der Waals surface area contributed by atoms with E-state index in [1.165, 1.54) is 25.7 Å². The van der Waals surface area contributed by atoms with Crippen LogP contribution in [0.25, 0.3) is 0 Å². The van der Waals surface area contributed by atoms with Crippen molar-refractivity contribution >= 4 is 11.8 Å². The van der Waals surface area contributed by atoms with E-state index in [1.807, 2.05) is 31.1 Å². The predicted octanol–water partition coefficient (Wildman–Crippen LogP) is 3.82. The maximum atomic E-state index is 4.46. The number of aryl methyl sites for hydroxylation is 1. The van der Waals surface area contributed by atoms with E-state index < -0.39 is 0 Å². The van der Waals surface area contributed by atoms with Crippen LogP contribution in [0, 0.1) is 12.3 Å². The molecule has 2 atom stereocenters. The predicted molar refractivity (Wildman–Crippen MR) is 86.1 cm³/mol. The largest absolute Gasteiger partial charge is 0.312 e. The van der Waals surface area contributed by atoms with Gasteiger partial charge in [-0.1, -0.05) is 39.0 Å². The van der Waals surface area contributed by atoms with Crippen molar-refractivity contribution in [3.8, 4) is 0 Å². The van der Waals surface area contributed by atoms with Gasteiger partial charge < -0.3 is 5.32 Å². The van der Waals surface area contributed by atoms with Crippen molar-refractivity contribution in [2.75, 3.05) is 6.54 Å². The maximum absolute atomic E-state index is 4.46. The van der Waals surface area contributed by atoms with Gasteiger partial charge in [0.25, 0.3) is 0 Å². The minimum atomic E-state index is 0.357. The summed E-state index contributed by atoms with van der Waals surface area (Å²) in [6, 6.07) is 0.547. The van der Waals surface area contributed by atoms with Gasteiger partial charge in [-0.2, -0.15) is 0 Å². The Labute approximate surface area is 127 Å². The Hall–Kier alpha value is -0.610. The monoisotopic (exact) mass is 293 g/mol. The zero-order chi connectivity index (χ0) is 14.6. The molecule has 112 valence electrons. The van der Waals surface area contributed by atoms with E-state index in [4.69, 9.17) is 0 Å². The molecule has 1 aliphatic carbocycles. The highest BCUT2D eigenvalue weighted by Gasteiger charge is 2.39. The Balaban J connectivity index is 2.08. The molecule has 2 rings (SSSR count). The van der Waals surface area contributed by atoms with E-state index in [0.29, 0.717) is 16.7 Å². The lowest BCUT2D eigenvalue weighted by molar-refractivity contribution is 0.175. The van der Waals surface area contributed by atoms with Gasteiger partial charge in [0.2, 0.25) is 0 Å². The van der Waals surface area contributed by atoms with E-state index in [1.54, 1.807) is 0 Å². The molecule has 1 aliphatic rings. The van der Waals surface area contributed by atoms with Crippen LogP contribution in [0.1, 0.15) is 52.0 Å². The van der Waals surface area contributed by atoms with Crippen LogP contribution in [0.3, 0.4) is 0 Å². The molecule has 1 saturated carbocycles. The summed E-state index contributed by atoms with van der Waals surface area (Å²) in [5.41, 5.74) is 1.48. The fraction of sp³-hybridized carbons (Fsp3) is 0.750. The molecule has 1 heterocycles. The van der Waals surface area contributed by atoms with E-state index >= 15 is 0 Å². The number of hydrogen-bond acceptors (Lipinski definition) is 4. The first-order chi connectivity index (χ1) is 9.53. The lowest BCUT2D eigenvalue weighted by Gasteiger charge is -2.44. The van der Waals surface area contributed by atoms with Crippen LogP contribution in [-0.4, -0.2) is 27.8 Å². The van der Waals surface area contributed by atoms with E-state index in [9.17, 15) is 0 Å². The van der Waals surface area contributed by atoms with Gasteiger partial charge in [0.05, 0.1) is 0 Å². The molecule has 0 bridgehead atoms. The third-order valence-corrected chi connectivity index (χ3v) is 5.38. The first-order valence-electron chi connectivity index (χ1n) is 7.71. The molecule has 1 aromatic heterocycles. The Morgan fingerprint density at radius 1 is 1.35 bits per heavy atom. The normalized spacial score (nSPS) is 25.6. The molecular weight excluding hydrogens is 266 g/mol. The number of nitrogens with zero attached hydrogens (tertiary/aromatic N) is 2. The summed E-state index contributed by atoms with van der Waals surface area (Å²) < 4.78 is 0. The van der Waals surface area contributed by atoms with E-state index in [0.717, 1.165) is 17.3 Å². The molecule has 0 spiro atoms. The summed E-state index contributed by atoms with van der Waals surface area (Å²) in [4.78, 5) is 8.92. The minimum absolute atomic E-state index is 0.357. The topological polar surface area (TPSA) is 37.8 Å². The second kappa shape index (κ2) is 6.90. The van der Waals surface area contributed by atoms with E-state index in [2.05, 4.69) is 36.1 Å². The molecule has 4 heteroatoms. The van der Waals surface area contributed by atoms with Gasteiger partial charge in [0, 0.05) is 23.7 Å². The van der Waals surface area contributed by atoms with Crippen LogP contribution >= 0.6 is 11.8 Å². The average molecular weight is 293 g/mol. The third kappa shape index (κ3) is 3.95. The summed E-state index contributed by atoms with van der Waals surface area (Å²) in [5.74, 6) is 0. The van der Waals surface area contributed by atoms with Crippen molar-refractivity contribution in [2.24, 2.45) is 5.41 Å². The van der Waals surface area contributed by atoms with Gasteiger partial charge in [-0.05, 0) is 43.7 Å². The van der Waals surface area contributed by atoms with E-state index in [-0.39, 0.29) is 0 Å². The molecule has 0 saturated heterocycles. The summed E-state index contributed by atoms with van der Waals surface area (Å²) in [6.45, 7) is 10.1. The fourth-order valence-electron chi connectivity index (χ4n) is 3.00. The van der Waals surface area contributed by atoms with Crippen molar-refractivity contribution in [2.45, 2.75) is 69.8 Å². The van der Waals surface area contributed by atoms with Gasteiger partial charge in [0.15, 0.2) is 5.16 Å². The quantitative estimate of drug-likeness (QED) is 0.837. The number of thioether (sulfide) groups is 1. The lowest BCUT2D eigenvalue weighted by Crippen LogP contribution is -2.51. The smallest absolute Gasteiger partial charge is 0.187 e. The molecule has 0 aromatic carbocycles. The average Bonchev–Trinajstić information content (AvgIpc) is 2.40.